The average Bonchev–Trinajstić information content (AvgIpc) is 2.62. The molecular formula is C11H21NO3. The lowest BCUT2D eigenvalue weighted by atomic mass is 9.85. The van der Waals surface area contributed by atoms with Gasteiger partial charge >= 0.3 is 5.97 Å². The first-order valence-corrected chi connectivity index (χ1v) is 5.67. The molecule has 0 radical (unpaired) electrons. The van der Waals surface area contributed by atoms with Gasteiger partial charge in [-0.2, -0.15) is 0 Å². The first-order chi connectivity index (χ1) is 7.17. The average molecular weight is 215 g/mol. The second-order valence-electron chi connectivity index (χ2n) is 4.10. The zero-order valence-electron chi connectivity index (χ0n) is 9.58. The molecule has 88 valence electrons. The lowest BCUT2D eigenvalue weighted by Crippen LogP contribution is -2.53. The van der Waals surface area contributed by atoms with Crippen molar-refractivity contribution in [2.75, 3.05) is 20.3 Å². The van der Waals surface area contributed by atoms with E-state index in [1.165, 1.54) is 0 Å². The normalized spacial score (nSPS) is 30.7. The van der Waals surface area contributed by atoms with Crippen molar-refractivity contribution in [2.45, 2.75) is 38.1 Å². The molecule has 0 bridgehead atoms. The Morgan fingerprint density at radius 2 is 2.40 bits per heavy atom. The number of carboxylic acid groups (broad SMARTS) is 1. The van der Waals surface area contributed by atoms with E-state index in [0.717, 1.165) is 25.7 Å². The Kier molecular flexibility index (Phi) is 4.54. The molecule has 2 atom stereocenters. The minimum Gasteiger partial charge on any atom is -0.480 e. The van der Waals surface area contributed by atoms with Gasteiger partial charge in [0.15, 0.2) is 0 Å². The maximum Gasteiger partial charge on any atom is 0.324 e. The van der Waals surface area contributed by atoms with Crippen molar-refractivity contribution in [2.24, 2.45) is 5.92 Å². The molecule has 0 aromatic rings. The lowest BCUT2D eigenvalue weighted by molar-refractivity contribution is -0.146. The fraction of sp³-hybridized carbons (Fsp3) is 0.909. The van der Waals surface area contributed by atoms with Crippen LogP contribution in [0.4, 0.5) is 0 Å². The summed E-state index contributed by atoms with van der Waals surface area (Å²) in [6, 6.07) is 0. The molecule has 1 saturated carbocycles. The minimum atomic E-state index is -0.719. The fourth-order valence-corrected chi connectivity index (χ4v) is 2.56. The second-order valence-corrected chi connectivity index (χ2v) is 4.10. The van der Waals surface area contributed by atoms with E-state index in [1.54, 1.807) is 7.05 Å². The minimum absolute atomic E-state index is 0.201. The molecule has 1 rings (SSSR count). The smallest absolute Gasteiger partial charge is 0.324 e. The van der Waals surface area contributed by atoms with Crippen LogP contribution in [0.5, 0.6) is 0 Å². The number of nitrogens with one attached hydrogen (secondary N) is 1. The predicted molar refractivity (Wildman–Crippen MR) is 57.9 cm³/mol. The van der Waals surface area contributed by atoms with Gasteiger partial charge in [0.1, 0.15) is 5.54 Å². The van der Waals surface area contributed by atoms with Crippen LogP contribution < -0.4 is 5.32 Å². The van der Waals surface area contributed by atoms with Crippen molar-refractivity contribution in [3.05, 3.63) is 0 Å². The fourth-order valence-electron chi connectivity index (χ4n) is 2.56. The van der Waals surface area contributed by atoms with Gasteiger partial charge in [0.25, 0.3) is 0 Å². The van der Waals surface area contributed by atoms with Gasteiger partial charge in [0.05, 0.1) is 0 Å². The predicted octanol–water partition coefficient (Wildman–Crippen LogP) is 1.26. The highest BCUT2D eigenvalue weighted by Gasteiger charge is 2.47. The zero-order valence-corrected chi connectivity index (χ0v) is 9.58. The number of aliphatic carboxylic acids is 1. The van der Waals surface area contributed by atoms with Gasteiger partial charge < -0.3 is 15.2 Å². The van der Waals surface area contributed by atoms with Crippen molar-refractivity contribution in [3.63, 3.8) is 0 Å². The van der Waals surface area contributed by atoms with E-state index in [0.29, 0.717) is 13.2 Å². The quantitative estimate of drug-likeness (QED) is 0.655. The Morgan fingerprint density at radius 1 is 1.67 bits per heavy atom. The summed E-state index contributed by atoms with van der Waals surface area (Å²) < 4.78 is 5.29. The van der Waals surface area contributed by atoms with E-state index in [-0.39, 0.29) is 5.92 Å². The number of hydrogen-bond donors (Lipinski definition) is 2. The highest BCUT2D eigenvalue weighted by molar-refractivity contribution is 5.79. The molecule has 0 aromatic carbocycles. The number of carboxylic acids is 1. The third kappa shape index (κ3) is 2.49. The zero-order chi connectivity index (χ0) is 11.3. The van der Waals surface area contributed by atoms with E-state index < -0.39 is 11.5 Å². The van der Waals surface area contributed by atoms with Gasteiger partial charge in [0.2, 0.25) is 0 Å². The molecule has 4 heteroatoms. The Balaban J connectivity index is 2.57. The van der Waals surface area contributed by atoms with E-state index in [1.807, 2.05) is 6.92 Å². The van der Waals surface area contributed by atoms with Crippen LogP contribution >= 0.6 is 0 Å². The van der Waals surface area contributed by atoms with E-state index in [4.69, 9.17) is 4.74 Å². The maximum atomic E-state index is 11.3. The summed E-state index contributed by atoms with van der Waals surface area (Å²) in [6.45, 7) is 3.32. The van der Waals surface area contributed by atoms with Crippen molar-refractivity contribution in [1.82, 2.24) is 5.32 Å². The highest BCUT2D eigenvalue weighted by atomic mass is 16.5. The number of carbonyl (C=O) groups is 1. The molecule has 1 aliphatic rings. The van der Waals surface area contributed by atoms with Gasteiger partial charge in [-0.1, -0.05) is 6.42 Å². The van der Waals surface area contributed by atoms with Gasteiger partial charge in [-0.3, -0.25) is 4.79 Å². The lowest BCUT2D eigenvalue weighted by Gasteiger charge is -2.30. The van der Waals surface area contributed by atoms with E-state index >= 15 is 0 Å². The number of likely N-dealkylation sites (N-methyl/N-ethyl adjacent to an activating group) is 1. The largest absolute Gasteiger partial charge is 0.480 e. The summed E-state index contributed by atoms with van der Waals surface area (Å²) in [7, 11) is 1.74. The molecule has 0 aromatic heterocycles. The van der Waals surface area contributed by atoms with Gasteiger partial charge in [-0.05, 0) is 39.2 Å². The van der Waals surface area contributed by atoms with Crippen LogP contribution in [0.25, 0.3) is 0 Å². The van der Waals surface area contributed by atoms with Crippen LogP contribution in [0.3, 0.4) is 0 Å². The molecule has 15 heavy (non-hydrogen) atoms. The molecular weight excluding hydrogens is 194 g/mol. The molecule has 0 saturated heterocycles. The summed E-state index contributed by atoms with van der Waals surface area (Å²) in [6.07, 6.45) is 3.54. The molecule has 2 N–H and O–H groups in total. The molecule has 0 aliphatic heterocycles. The Morgan fingerprint density at radius 3 is 2.93 bits per heavy atom. The summed E-state index contributed by atoms with van der Waals surface area (Å²) in [4.78, 5) is 11.3. The monoisotopic (exact) mass is 215 g/mol. The molecule has 0 spiro atoms. The standard InChI is InChI=1S/C11H21NO3/c1-3-15-8-6-9-5-4-7-11(9,12-2)10(13)14/h9,12H,3-8H2,1-2H3,(H,13,14). The Bertz CT molecular complexity index is 220. The van der Waals surface area contributed by atoms with E-state index in [2.05, 4.69) is 5.32 Å². The van der Waals surface area contributed by atoms with Crippen LogP contribution in [-0.2, 0) is 9.53 Å². The van der Waals surface area contributed by atoms with Crippen molar-refractivity contribution in [3.8, 4) is 0 Å². The van der Waals surface area contributed by atoms with Crippen LogP contribution in [0.15, 0.2) is 0 Å². The molecule has 1 fully saturated rings. The van der Waals surface area contributed by atoms with Crippen LogP contribution in [0.2, 0.25) is 0 Å². The molecule has 0 heterocycles. The van der Waals surface area contributed by atoms with Crippen molar-refractivity contribution in [1.29, 1.82) is 0 Å². The van der Waals surface area contributed by atoms with Gasteiger partial charge in [-0.15, -0.1) is 0 Å². The molecule has 1 aliphatic carbocycles. The van der Waals surface area contributed by atoms with Crippen LogP contribution in [0, 0.1) is 5.92 Å². The Labute approximate surface area is 91.0 Å². The maximum absolute atomic E-state index is 11.3. The van der Waals surface area contributed by atoms with Crippen molar-refractivity contribution < 1.29 is 14.6 Å². The van der Waals surface area contributed by atoms with Crippen LogP contribution in [-0.4, -0.2) is 36.9 Å². The highest BCUT2D eigenvalue weighted by Crippen LogP contribution is 2.37. The third-order valence-corrected chi connectivity index (χ3v) is 3.46. The third-order valence-electron chi connectivity index (χ3n) is 3.46. The first kappa shape index (κ1) is 12.5. The summed E-state index contributed by atoms with van der Waals surface area (Å²) in [5.74, 6) is -0.518. The summed E-state index contributed by atoms with van der Waals surface area (Å²) in [5, 5.41) is 12.3. The second kappa shape index (κ2) is 5.47. The summed E-state index contributed by atoms with van der Waals surface area (Å²) >= 11 is 0. The molecule has 2 unspecified atom stereocenters. The molecule has 4 nitrogen and oxygen atoms in total. The van der Waals surface area contributed by atoms with Gasteiger partial charge in [0, 0.05) is 13.2 Å². The van der Waals surface area contributed by atoms with Crippen molar-refractivity contribution >= 4 is 5.97 Å². The Hall–Kier alpha value is -0.610. The topological polar surface area (TPSA) is 58.6 Å². The SMILES string of the molecule is CCOCCC1CCCC1(NC)C(=O)O. The van der Waals surface area contributed by atoms with Gasteiger partial charge in [-0.25, -0.2) is 0 Å². The van der Waals surface area contributed by atoms with Crippen LogP contribution in [0.1, 0.15) is 32.6 Å². The summed E-state index contributed by atoms with van der Waals surface area (Å²) in [5.41, 5.74) is -0.711. The number of hydrogen-bond acceptors (Lipinski definition) is 3. The first-order valence-electron chi connectivity index (χ1n) is 5.67. The number of ether oxygens (including phenoxy) is 1. The number of rotatable bonds is 6. The van der Waals surface area contributed by atoms with E-state index in [9.17, 15) is 9.90 Å². The molecule has 0 amide bonds.